The lowest BCUT2D eigenvalue weighted by Crippen LogP contribution is -2.43. The molecule has 8 heteroatoms. The van der Waals surface area contributed by atoms with E-state index in [4.69, 9.17) is 18.9 Å². The van der Waals surface area contributed by atoms with Gasteiger partial charge in [-0.25, -0.2) is 4.79 Å². The number of carbonyl (C=O) groups is 3. The maximum absolute atomic E-state index is 12.9. The zero-order chi connectivity index (χ0) is 24.3. The number of ether oxygens (including phenoxy) is 4. The van der Waals surface area contributed by atoms with Crippen LogP contribution in [0.5, 0.6) is 11.5 Å². The number of hydrogen-bond acceptors (Lipinski definition) is 7. The van der Waals surface area contributed by atoms with Gasteiger partial charge in [0.2, 0.25) is 0 Å². The molecule has 1 aromatic rings. The van der Waals surface area contributed by atoms with Crippen LogP contribution in [0.15, 0.2) is 12.1 Å². The van der Waals surface area contributed by atoms with Crippen molar-refractivity contribution in [3.8, 4) is 11.5 Å². The van der Waals surface area contributed by atoms with Crippen molar-refractivity contribution >= 4 is 18.0 Å². The molecule has 2 rings (SSSR count). The molecule has 8 nitrogen and oxygen atoms in total. The Bertz CT molecular complexity index is 864. The normalized spacial score (nSPS) is 16.1. The molecule has 1 aromatic carbocycles. The second kappa shape index (κ2) is 9.79. The van der Waals surface area contributed by atoms with Crippen LogP contribution in [0, 0.1) is 5.41 Å². The molecule has 0 saturated heterocycles. The number of benzene rings is 1. The standard InChI is InChI=1S/C24H35NO7/c1-23(2,3)21(27)31-19-13-15-11-12-25(22(28)32-24(4,5)6)17(9-10-20(26)30-8)16(15)14-18(19)29-7/h13-14,17H,9-12H2,1-8H3/t17-/m0/s1. The van der Waals surface area contributed by atoms with Crippen LogP contribution in [0.3, 0.4) is 0 Å². The van der Waals surface area contributed by atoms with E-state index in [2.05, 4.69) is 0 Å². The van der Waals surface area contributed by atoms with Gasteiger partial charge in [0, 0.05) is 13.0 Å². The van der Waals surface area contributed by atoms with Crippen molar-refractivity contribution in [1.29, 1.82) is 0 Å². The van der Waals surface area contributed by atoms with Gasteiger partial charge in [-0.3, -0.25) is 9.59 Å². The number of esters is 2. The lowest BCUT2D eigenvalue weighted by molar-refractivity contribution is -0.143. The zero-order valence-electron chi connectivity index (χ0n) is 20.4. The van der Waals surface area contributed by atoms with Gasteiger partial charge < -0.3 is 23.8 Å². The molecule has 0 bridgehead atoms. The number of amides is 1. The SMILES string of the molecule is COC(=O)CC[C@H]1c2cc(OC)c(OC(=O)C(C)(C)C)cc2CCN1C(=O)OC(C)(C)C. The minimum Gasteiger partial charge on any atom is -0.493 e. The molecular weight excluding hydrogens is 414 g/mol. The lowest BCUT2D eigenvalue weighted by Gasteiger charge is -2.38. The van der Waals surface area contributed by atoms with Gasteiger partial charge in [-0.2, -0.15) is 0 Å². The van der Waals surface area contributed by atoms with Crippen LogP contribution < -0.4 is 9.47 Å². The minimum atomic E-state index is -0.669. The van der Waals surface area contributed by atoms with Crippen molar-refractivity contribution in [3.05, 3.63) is 23.3 Å². The van der Waals surface area contributed by atoms with E-state index >= 15 is 0 Å². The third-order valence-corrected chi connectivity index (χ3v) is 5.08. The molecule has 1 aliphatic heterocycles. The maximum atomic E-state index is 12.9. The largest absolute Gasteiger partial charge is 0.493 e. The second-order valence-electron chi connectivity index (χ2n) is 9.90. The van der Waals surface area contributed by atoms with Crippen LogP contribution >= 0.6 is 0 Å². The number of nitrogens with zero attached hydrogens (tertiary/aromatic N) is 1. The third kappa shape index (κ3) is 6.37. The van der Waals surface area contributed by atoms with E-state index in [0.717, 1.165) is 11.1 Å². The third-order valence-electron chi connectivity index (χ3n) is 5.08. The Morgan fingerprint density at radius 3 is 2.22 bits per heavy atom. The summed E-state index contributed by atoms with van der Waals surface area (Å²) in [6.45, 7) is 11.2. The highest BCUT2D eigenvalue weighted by atomic mass is 16.6. The average Bonchev–Trinajstić information content (AvgIpc) is 2.68. The summed E-state index contributed by atoms with van der Waals surface area (Å²) in [6.07, 6.45) is 0.611. The summed E-state index contributed by atoms with van der Waals surface area (Å²) in [6, 6.07) is 3.16. The molecule has 178 valence electrons. The molecule has 1 amide bonds. The van der Waals surface area contributed by atoms with E-state index < -0.39 is 23.2 Å². The van der Waals surface area contributed by atoms with Gasteiger partial charge in [-0.1, -0.05) is 0 Å². The number of rotatable bonds is 5. The van der Waals surface area contributed by atoms with Crippen LogP contribution in [0.2, 0.25) is 0 Å². The molecule has 0 aromatic heterocycles. The summed E-state index contributed by atoms with van der Waals surface area (Å²) in [5.41, 5.74) is 0.445. The molecule has 0 saturated carbocycles. The molecular formula is C24H35NO7. The Hall–Kier alpha value is -2.77. The van der Waals surface area contributed by atoms with Gasteiger partial charge in [0.25, 0.3) is 0 Å². The van der Waals surface area contributed by atoms with Crippen molar-refractivity contribution < 1.29 is 33.3 Å². The Kier molecular flexibility index (Phi) is 7.80. The van der Waals surface area contributed by atoms with E-state index in [-0.39, 0.29) is 18.4 Å². The topological polar surface area (TPSA) is 91.4 Å². The zero-order valence-corrected chi connectivity index (χ0v) is 20.4. The number of methoxy groups -OCH3 is 2. The molecule has 0 spiro atoms. The van der Waals surface area contributed by atoms with Gasteiger partial charge in [-0.05, 0) is 77.6 Å². The van der Waals surface area contributed by atoms with E-state index in [1.54, 1.807) is 37.8 Å². The summed E-state index contributed by atoms with van der Waals surface area (Å²) in [5.74, 6) is -0.00722. The molecule has 1 aliphatic rings. The van der Waals surface area contributed by atoms with Gasteiger partial charge in [0.05, 0.1) is 25.7 Å². The Morgan fingerprint density at radius 1 is 1.03 bits per heavy atom. The summed E-state index contributed by atoms with van der Waals surface area (Å²) in [7, 11) is 2.83. The molecule has 0 fully saturated rings. The first-order chi connectivity index (χ1) is 14.8. The fourth-order valence-corrected chi connectivity index (χ4v) is 3.41. The quantitative estimate of drug-likeness (QED) is 0.485. The van der Waals surface area contributed by atoms with E-state index in [1.165, 1.54) is 14.2 Å². The predicted molar refractivity (Wildman–Crippen MR) is 119 cm³/mol. The smallest absolute Gasteiger partial charge is 0.410 e. The van der Waals surface area contributed by atoms with Gasteiger partial charge in [-0.15, -0.1) is 0 Å². The molecule has 32 heavy (non-hydrogen) atoms. The average molecular weight is 450 g/mol. The van der Waals surface area contributed by atoms with Crippen molar-refractivity contribution in [1.82, 2.24) is 4.90 Å². The number of carbonyl (C=O) groups excluding carboxylic acids is 3. The van der Waals surface area contributed by atoms with E-state index in [0.29, 0.717) is 30.9 Å². The Morgan fingerprint density at radius 2 is 1.69 bits per heavy atom. The van der Waals surface area contributed by atoms with Gasteiger partial charge in [0.1, 0.15) is 5.60 Å². The fraction of sp³-hybridized carbons (Fsp3) is 0.625. The highest BCUT2D eigenvalue weighted by molar-refractivity contribution is 5.79. The predicted octanol–water partition coefficient (Wildman–Crippen LogP) is 4.43. The summed E-state index contributed by atoms with van der Waals surface area (Å²) >= 11 is 0. The van der Waals surface area contributed by atoms with E-state index in [1.807, 2.05) is 20.8 Å². The highest BCUT2D eigenvalue weighted by Gasteiger charge is 2.35. The molecule has 0 radical (unpaired) electrons. The summed E-state index contributed by atoms with van der Waals surface area (Å²) in [4.78, 5) is 38.8. The summed E-state index contributed by atoms with van der Waals surface area (Å²) < 4.78 is 21.5. The fourth-order valence-electron chi connectivity index (χ4n) is 3.41. The minimum absolute atomic E-state index is 0.142. The van der Waals surface area contributed by atoms with Crippen LogP contribution in [-0.2, 0) is 25.5 Å². The summed E-state index contributed by atoms with van der Waals surface area (Å²) in [5, 5.41) is 0. The monoisotopic (exact) mass is 449 g/mol. The van der Waals surface area contributed by atoms with Crippen LogP contribution in [-0.4, -0.2) is 49.3 Å². The van der Waals surface area contributed by atoms with Crippen LogP contribution in [0.4, 0.5) is 4.79 Å². The molecule has 0 unspecified atom stereocenters. The molecule has 0 N–H and O–H groups in total. The van der Waals surface area contributed by atoms with Crippen molar-refractivity contribution in [2.75, 3.05) is 20.8 Å². The van der Waals surface area contributed by atoms with Crippen molar-refractivity contribution in [2.24, 2.45) is 5.41 Å². The number of hydrogen-bond donors (Lipinski definition) is 0. The lowest BCUT2D eigenvalue weighted by atomic mass is 9.89. The second-order valence-corrected chi connectivity index (χ2v) is 9.90. The van der Waals surface area contributed by atoms with Gasteiger partial charge >= 0.3 is 18.0 Å². The highest BCUT2D eigenvalue weighted by Crippen LogP contribution is 2.41. The molecule has 0 aliphatic carbocycles. The van der Waals surface area contributed by atoms with Crippen LogP contribution in [0.1, 0.15) is 71.6 Å². The Balaban J connectivity index is 2.44. The van der Waals surface area contributed by atoms with E-state index in [9.17, 15) is 14.4 Å². The van der Waals surface area contributed by atoms with Crippen molar-refractivity contribution in [3.63, 3.8) is 0 Å². The van der Waals surface area contributed by atoms with Crippen molar-refractivity contribution in [2.45, 2.75) is 72.4 Å². The van der Waals surface area contributed by atoms with Crippen LogP contribution in [0.25, 0.3) is 0 Å². The first-order valence-corrected chi connectivity index (χ1v) is 10.8. The first kappa shape index (κ1) is 25.5. The Labute approximate surface area is 190 Å². The van der Waals surface area contributed by atoms with Gasteiger partial charge in [0.15, 0.2) is 11.5 Å². The molecule has 1 atom stereocenters. The maximum Gasteiger partial charge on any atom is 0.410 e. The molecule has 1 heterocycles. The first-order valence-electron chi connectivity index (χ1n) is 10.8. The number of fused-ring (bicyclic) bond motifs is 1.